The Morgan fingerprint density at radius 2 is 0.632 bits per heavy atom. The lowest BCUT2D eigenvalue weighted by Crippen LogP contribution is -1.96. The standard InChI is InChI=1S/C54H33N3/c1-3-14-34(15-4-1)36-28-30-46-42(32-36)38-18-7-9-22-44(38)55(46)48-24-12-26-50-52(48)40-20-11-21-41-53-49(25-13-27-51(53)57(50)54(40)41)56-45-23-10-8-19-39(45)43-33-37(29-31-47(43)56)35-16-5-2-6-17-35/h1-33H. The molecule has 13 aromatic rings. The van der Waals surface area contributed by atoms with Crippen molar-refractivity contribution in [2.45, 2.75) is 0 Å². The van der Waals surface area contributed by atoms with E-state index in [9.17, 15) is 0 Å². The van der Waals surface area contributed by atoms with E-state index in [2.05, 4.69) is 214 Å². The lowest BCUT2D eigenvalue weighted by Gasteiger charge is -2.12. The van der Waals surface area contributed by atoms with Crippen molar-refractivity contribution in [2.75, 3.05) is 0 Å². The molecule has 264 valence electrons. The van der Waals surface area contributed by atoms with Crippen LogP contribution in [0.3, 0.4) is 0 Å². The summed E-state index contributed by atoms with van der Waals surface area (Å²) in [6, 6.07) is 73.5. The monoisotopic (exact) mass is 723 g/mol. The molecule has 0 fully saturated rings. The molecule has 0 aliphatic heterocycles. The van der Waals surface area contributed by atoms with Crippen molar-refractivity contribution in [3.8, 4) is 33.6 Å². The molecule has 3 heteroatoms. The fourth-order valence-corrected chi connectivity index (χ4v) is 10.00. The summed E-state index contributed by atoms with van der Waals surface area (Å²) in [5.74, 6) is 0. The van der Waals surface area contributed by atoms with Crippen molar-refractivity contribution < 1.29 is 0 Å². The summed E-state index contributed by atoms with van der Waals surface area (Å²) in [4.78, 5) is 0. The number of rotatable bonds is 4. The number of aromatic nitrogens is 3. The van der Waals surface area contributed by atoms with E-state index >= 15 is 0 Å². The molecular formula is C54H33N3. The van der Waals surface area contributed by atoms with E-state index < -0.39 is 0 Å². The predicted molar refractivity (Wildman–Crippen MR) is 241 cm³/mol. The highest BCUT2D eigenvalue weighted by molar-refractivity contribution is 6.27. The first kappa shape index (κ1) is 30.7. The molecule has 3 nitrogen and oxygen atoms in total. The zero-order chi connectivity index (χ0) is 37.2. The van der Waals surface area contributed by atoms with Gasteiger partial charge in [-0.1, -0.05) is 140 Å². The highest BCUT2D eigenvalue weighted by Crippen LogP contribution is 2.46. The van der Waals surface area contributed by atoms with Crippen LogP contribution in [0.15, 0.2) is 200 Å². The van der Waals surface area contributed by atoms with Gasteiger partial charge in [-0.15, -0.1) is 0 Å². The second kappa shape index (κ2) is 11.5. The maximum absolute atomic E-state index is 2.52. The van der Waals surface area contributed by atoms with Crippen molar-refractivity contribution in [1.29, 1.82) is 0 Å². The fourth-order valence-electron chi connectivity index (χ4n) is 10.00. The summed E-state index contributed by atoms with van der Waals surface area (Å²) in [6.45, 7) is 0. The van der Waals surface area contributed by atoms with E-state index in [1.807, 2.05) is 0 Å². The van der Waals surface area contributed by atoms with Gasteiger partial charge in [-0.05, 0) is 82.9 Å². The van der Waals surface area contributed by atoms with Crippen LogP contribution in [0.1, 0.15) is 0 Å². The lowest BCUT2D eigenvalue weighted by molar-refractivity contribution is 1.19. The Bertz CT molecular complexity index is 3490. The van der Waals surface area contributed by atoms with E-state index in [1.165, 1.54) is 115 Å². The second-order valence-electron chi connectivity index (χ2n) is 15.3. The number of para-hydroxylation sites is 3. The zero-order valence-electron chi connectivity index (χ0n) is 30.9. The molecule has 0 bridgehead atoms. The molecular weight excluding hydrogens is 691 g/mol. The summed E-state index contributed by atoms with van der Waals surface area (Å²) in [5, 5.41) is 10.1. The first-order chi connectivity index (χ1) is 28.3. The molecule has 57 heavy (non-hydrogen) atoms. The Kier molecular flexibility index (Phi) is 6.16. The number of hydrogen-bond donors (Lipinski definition) is 0. The third-order valence-corrected chi connectivity index (χ3v) is 12.4. The number of benzene rings is 9. The van der Waals surface area contributed by atoms with Crippen LogP contribution in [0.5, 0.6) is 0 Å². The Balaban J connectivity index is 1.09. The van der Waals surface area contributed by atoms with E-state index in [-0.39, 0.29) is 0 Å². The van der Waals surface area contributed by atoms with Crippen LogP contribution >= 0.6 is 0 Å². The van der Waals surface area contributed by atoms with Crippen LogP contribution in [0, 0.1) is 0 Å². The Labute approximate surface area is 327 Å². The van der Waals surface area contributed by atoms with Crippen LogP contribution in [0.25, 0.3) is 115 Å². The smallest absolute Gasteiger partial charge is 0.0622 e. The molecule has 0 spiro atoms. The molecule has 13 rings (SSSR count). The van der Waals surface area contributed by atoms with Crippen LogP contribution in [-0.2, 0) is 0 Å². The molecule has 4 aromatic heterocycles. The van der Waals surface area contributed by atoms with Crippen molar-refractivity contribution in [3.05, 3.63) is 200 Å². The van der Waals surface area contributed by atoms with Gasteiger partial charge in [0.15, 0.2) is 0 Å². The van der Waals surface area contributed by atoms with Gasteiger partial charge in [0.1, 0.15) is 0 Å². The van der Waals surface area contributed by atoms with Gasteiger partial charge in [0.25, 0.3) is 0 Å². The summed E-state index contributed by atoms with van der Waals surface area (Å²) >= 11 is 0. The van der Waals surface area contributed by atoms with Crippen LogP contribution in [-0.4, -0.2) is 13.5 Å². The number of hydrogen-bond acceptors (Lipinski definition) is 0. The topological polar surface area (TPSA) is 14.3 Å². The molecule has 0 N–H and O–H groups in total. The largest absolute Gasteiger partial charge is 0.309 e. The summed E-state index contributed by atoms with van der Waals surface area (Å²) in [5.41, 5.74) is 15.8. The van der Waals surface area contributed by atoms with Crippen LogP contribution < -0.4 is 0 Å². The molecule has 0 aliphatic rings. The van der Waals surface area contributed by atoms with Gasteiger partial charge in [0, 0.05) is 43.1 Å². The molecule has 0 unspecified atom stereocenters. The molecule has 0 atom stereocenters. The lowest BCUT2D eigenvalue weighted by atomic mass is 10.0. The number of nitrogens with zero attached hydrogens (tertiary/aromatic N) is 3. The SMILES string of the molecule is c1ccc(-c2ccc3c(c2)c2ccccc2n3-c2cccc3c2c2cccc4c5c(-n6c7ccccc7c7cc(-c8ccccc8)ccc76)cccc5n3c24)cc1. The Morgan fingerprint density at radius 1 is 0.246 bits per heavy atom. The molecule has 0 saturated heterocycles. The molecule has 0 amide bonds. The maximum Gasteiger partial charge on any atom is 0.0622 e. The summed E-state index contributed by atoms with van der Waals surface area (Å²) in [6.07, 6.45) is 0. The van der Waals surface area contributed by atoms with Gasteiger partial charge in [0.2, 0.25) is 0 Å². The van der Waals surface area contributed by atoms with E-state index in [0.29, 0.717) is 0 Å². The van der Waals surface area contributed by atoms with Gasteiger partial charge in [-0.2, -0.15) is 0 Å². The molecule has 4 heterocycles. The Hall–Kier alpha value is -7.62. The van der Waals surface area contributed by atoms with Crippen LogP contribution in [0.2, 0.25) is 0 Å². The van der Waals surface area contributed by atoms with Gasteiger partial charge in [-0.3, -0.25) is 0 Å². The molecule has 0 radical (unpaired) electrons. The Morgan fingerprint density at radius 3 is 1.12 bits per heavy atom. The highest BCUT2D eigenvalue weighted by Gasteiger charge is 2.24. The van der Waals surface area contributed by atoms with Gasteiger partial charge in [-0.25, -0.2) is 0 Å². The second-order valence-corrected chi connectivity index (χ2v) is 15.3. The molecule has 9 aromatic carbocycles. The van der Waals surface area contributed by atoms with Gasteiger partial charge < -0.3 is 13.5 Å². The first-order valence-electron chi connectivity index (χ1n) is 19.7. The number of fused-ring (bicyclic) bond motifs is 12. The zero-order valence-corrected chi connectivity index (χ0v) is 30.9. The minimum Gasteiger partial charge on any atom is -0.309 e. The first-order valence-corrected chi connectivity index (χ1v) is 19.7. The van der Waals surface area contributed by atoms with E-state index in [4.69, 9.17) is 0 Å². The molecule has 0 aliphatic carbocycles. The maximum atomic E-state index is 2.52. The summed E-state index contributed by atoms with van der Waals surface area (Å²) in [7, 11) is 0. The minimum absolute atomic E-state index is 1.20. The summed E-state index contributed by atoms with van der Waals surface area (Å²) < 4.78 is 7.49. The van der Waals surface area contributed by atoms with Crippen molar-refractivity contribution >= 4 is 81.7 Å². The van der Waals surface area contributed by atoms with Crippen molar-refractivity contribution in [2.24, 2.45) is 0 Å². The fraction of sp³-hybridized carbons (Fsp3) is 0. The molecule has 0 saturated carbocycles. The predicted octanol–water partition coefficient (Wildman–Crippen LogP) is 14.4. The third kappa shape index (κ3) is 4.15. The third-order valence-electron chi connectivity index (χ3n) is 12.4. The van der Waals surface area contributed by atoms with Crippen molar-refractivity contribution in [1.82, 2.24) is 13.5 Å². The van der Waals surface area contributed by atoms with Crippen molar-refractivity contribution in [3.63, 3.8) is 0 Å². The van der Waals surface area contributed by atoms with Gasteiger partial charge in [0.05, 0.1) is 50.0 Å². The van der Waals surface area contributed by atoms with E-state index in [1.54, 1.807) is 0 Å². The van der Waals surface area contributed by atoms with Gasteiger partial charge >= 0.3 is 0 Å². The van der Waals surface area contributed by atoms with Crippen LogP contribution in [0.4, 0.5) is 0 Å². The average Bonchev–Trinajstić information content (AvgIpc) is 4.01. The quantitative estimate of drug-likeness (QED) is 0.172. The normalized spacial score (nSPS) is 12.2. The minimum atomic E-state index is 1.20. The highest BCUT2D eigenvalue weighted by atomic mass is 15.0. The van der Waals surface area contributed by atoms with E-state index in [0.717, 1.165) is 0 Å². The average molecular weight is 724 g/mol.